The molecule has 5 N–H and O–H groups in total. The second-order valence-electron chi connectivity index (χ2n) is 11.7. The molecule has 5 rings (SSSR count). The SMILES string of the molecule is C[C@@H](CC(=O)Cn1cnnn1)[C@H]1C(=O)N2C(C(=O)O)=C(S[C@@H]3CN[C@H](C(=O)N4CCN(C[C@@H](O)CN)CC4)C3)[C@H](C)[C@H]12. The normalized spacial score (nSPS) is 29.4. The minimum atomic E-state index is -1.14. The van der Waals surface area contributed by atoms with Gasteiger partial charge >= 0.3 is 5.97 Å². The van der Waals surface area contributed by atoms with Crippen LogP contribution in [0.1, 0.15) is 26.7 Å². The highest BCUT2D eigenvalue weighted by atomic mass is 32.2. The summed E-state index contributed by atoms with van der Waals surface area (Å²) in [6.45, 7) is 7.57. The molecule has 0 unspecified atom stereocenters. The summed E-state index contributed by atoms with van der Waals surface area (Å²) in [6.07, 6.45) is 1.51. The highest BCUT2D eigenvalue weighted by Crippen LogP contribution is 2.53. The van der Waals surface area contributed by atoms with Gasteiger partial charge in [0.25, 0.3) is 0 Å². The number of ketones is 1. The summed E-state index contributed by atoms with van der Waals surface area (Å²) in [5, 5.41) is 34.0. The van der Waals surface area contributed by atoms with Crippen molar-refractivity contribution in [2.24, 2.45) is 23.5 Å². The fraction of sp³-hybridized carbons (Fsp3) is 0.731. The molecule has 7 atom stereocenters. The molecule has 4 aliphatic rings. The molecule has 16 heteroatoms. The largest absolute Gasteiger partial charge is 0.477 e. The number of β-amino-alcohol motifs (C(OH)–C–C–N with tert-alkyl or cyclic N) is 1. The molecule has 0 radical (unpaired) electrons. The molecule has 0 aromatic carbocycles. The van der Waals surface area contributed by atoms with Crippen molar-refractivity contribution in [2.45, 2.75) is 56.7 Å². The van der Waals surface area contributed by atoms with Crippen molar-refractivity contribution in [3.63, 3.8) is 0 Å². The van der Waals surface area contributed by atoms with Crippen LogP contribution in [-0.2, 0) is 25.7 Å². The Labute approximate surface area is 247 Å². The van der Waals surface area contributed by atoms with Crippen molar-refractivity contribution in [1.82, 2.24) is 40.2 Å². The average molecular weight is 606 g/mol. The molecule has 5 heterocycles. The number of carbonyl (C=O) groups excluding carboxylic acids is 3. The van der Waals surface area contributed by atoms with Gasteiger partial charge < -0.3 is 31.1 Å². The van der Waals surface area contributed by atoms with Crippen molar-refractivity contribution in [3.8, 4) is 0 Å². The zero-order valence-electron chi connectivity index (χ0n) is 23.8. The van der Waals surface area contributed by atoms with Crippen molar-refractivity contribution >= 4 is 35.3 Å². The van der Waals surface area contributed by atoms with Crippen LogP contribution in [0, 0.1) is 17.8 Å². The van der Waals surface area contributed by atoms with Gasteiger partial charge in [0.15, 0.2) is 5.78 Å². The standard InChI is InChI=1S/C26H39N9O6S/c1-14(7-16(36)12-34-13-29-30-31-34)20-21-15(2)23(22(26(40)41)35(21)25(20)39)42-18-8-19(28-10-18)24(38)33-5-3-32(4-6-33)11-17(37)9-27/h13-15,17-21,28,37H,3-12,27H2,1-2H3,(H,40,41)/t14-,15+,17-,18-,19-,20+,21+/m0/s1. The van der Waals surface area contributed by atoms with Gasteiger partial charge in [0.1, 0.15) is 18.6 Å². The van der Waals surface area contributed by atoms with Crippen LogP contribution in [0.5, 0.6) is 0 Å². The summed E-state index contributed by atoms with van der Waals surface area (Å²) >= 11 is 1.45. The summed E-state index contributed by atoms with van der Waals surface area (Å²) in [6, 6.07) is -0.672. The van der Waals surface area contributed by atoms with Crippen LogP contribution in [0.15, 0.2) is 16.9 Å². The smallest absolute Gasteiger partial charge is 0.353 e. The van der Waals surface area contributed by atoms with E-state index in [1.165, 1.54) is 27.7 Å². The number of piperazine rings is 1. The number of hydrogen-bond donors (Lipinski definition) is 4. The molecule has 0 saturated carbocycles. The zero-order valence-corrected chi connectivity index (χ0v) is 24.6. The van der Waals surface area contributed by atoms with Crippen LogP contribution in [0.3, 0.4) is 0 Å². The second kappa shape index (κ2) is 12.8. The minimum Gasteiger partial charge on any atom is -0.477 e. The van der Waals surface area contributed by atoms with E-state index in [1.54, 1.807) is 0 Å². The van der Waals surface area contributed by atoms with E-state index in [9.17, 15) is 29.4 Å². The molecule has 3 fully saturated rings. The number of tetrazole rings is 1. The number of carbonyl (C=O) groups is 4. The van der Waals surface area contributed by atoms with Crippen LogP contribution >= 0.6 is 11.8 Å². The molecular formula is C26H39N9O6S. The number of thioether (sulfide) groups is 1. The number of fused-ring (bicyclic) bond motifs is 1. The number of aromatic nitrogens is 4. The number of carboxylic acid groups (broad SMARTS) is 1. The first-order valence-corrected chi connectivity index (χ1v) is 15.3. The van der Waals surface area contributed by atoms with Gasteiger partial charge in [-0.3, -0.25) is 19.3 Å². The summed E-state index contributed by atoms with van der Waals surface area (Å²) in [7, 11) is 0. The van der Waals surface area contributed by atoms with E-state index >= 15 is 0 Å². The highest BCUT2D eigenvalue weighted by molar-refractivity contribution is 8.03. The lowest BCUT2D eigenvalue weighted by Crippen LogP contribution is -2.62. The molecule has 0 bridgehead atoms. The lowest BCUT2D eigenvalue weighted by atomic mass is 9.73. The number of aliphatic carboxylic acids is 1. The molecule has 42 heavy (non-hydrogen) atoms. The van der Waals surface area contributed by atoms with Gasteiger partial charge in [0, 0.05) is 68.3 Å². The third-order valence-corrected chi connectivity index (χ3v) is 10.3. The number of hydrogen-bond acceptors (Lipinski definition) is 12. The summed E-state index contributed by atoms with van der Waals surface area (Å²) in [5.41, 5.74) is 5.54. The number of carboxylic acids is 1. The van der Waals surface area contributed by atoms with E-state index in [1.807, 2.05) is 18.7 Å². The van der Waals surface area contributed by atoms with E-state index in [0.29, 0.717) is 50.6 Å². The predicted octanol–water partition coefficient (Wildman–Crippen LogP) is -2.03. The quantitative estimate of drug-likeness (QED) is 0.190. The number of Topliss-reactive ketones (excluding diaryl/α,β-unsaturated/α-hetero) is 1. The molecular weight excluding hydrogens is 566 g/mol. The lowest BCUT2D eigenvalue weighted by molar-refractivity contribution is -0.160. The molecule has 15 nitrogen and oxygen atoms in total. The van der Waals surface area contributed by atoms with Crippen LogP contribution in [0.25, 0.3) is 0 Å². The van der Waals surface area contributed by atoms with Gasteiger partial charge in [-0.1, -0.05) is 13.8 Å². The molecule has 0 aliphatic carbocycles. The third-order valence-electron chi connectivity index (χ3n) is 8.79. The van der Waals surface area contributed by atoms with Crippen LogP contribution in [0.4, 0.5) is 0 Å². The summed E-state index contributed by atoms with van der Waals surface area (Å²) in [5.74, 6) is -2.40. The van der Waals surface area contributed by atoms with Gasteiger partial charge in [-0.2, -0.15) is 0 Å². The number of nitrogens with one attached hydrogen (secondary N) is 1. The number of nitrogens with two attached hydrogens (primary N) is 1. The fourth-order valence-electron chi connectivity index (χ4n) is 6.66. The Morgan fingerprint density at radius 1 is 1.24 bits per heavy atom. The highest BCUT2D eigenvalue weighted by Gasteiger charge is 2.60. The number of rotatable bonds is 12. The van der Waals surface area contributed by atoms with E-state index < -0.39 is 18.0 Å². The zero-order chi connectivity index (χ0) is 30.1. The fourth-order valence-corrected chi connectivity index (χ4v) is 8.13. The Balaban J connectivity index is 1.17. The Kier molecular flexibility index (Phi) is 9.27. The van der Waals surface area contributed by atoms with Crippen molar-refractivity contribution in [2.75, 3.05) is 45.8 Å². The average Bonchev–Trinajstić information content (AvgIpc) is 3.69. The maximum Gasteiger partial charge on any atom is 0.353 e. The molecule has 2 amide bonds. The Morgan fingerprint density at radius 2 is 1.98 bits per heavy atom. The first-order chi connectivity index (χ1) is 20.1. The van der Waals surface area contributed by atoms with Gasteiger partial charge in [-0.25, -0.2) is 9.48 Å². The lowest BCUT2D eigenvalue weighted by Gasteiger charge is -2.47. The maximum atomic E-state index is 13.2. The Bertz CT molecular complexity index is 1220. The number of nitrogens with zero attached hydrogens (tertiary/aromatic N) is 7. The van der Waals surface area contributed by atoms with E-state index in [0.717, 1.165) is 0 Å². The first-order valence-electron chi connectivity index (χ1n) is 14.4. The van der Waals surface area contributed by atoms with E-state index in [4.69, 9.17) is 5.73 Å². The molecule has 4 aliphatic heterocycles. The number of aliphatic hydroxyl groups excluding tert-OH is 1. The maximum absolute atomic E-state index is 13.2. The monoisotopic (exact) mass is 605 g/mol. The number of amides is 2. The molecule has 230 valence electrons. The van der Waals surface area contributed by atoms with Gasteiger partial charge in [-0.05, 0) is 22.8 Å². The topological polar surface area (TPSA) is 200 Å². The van der Waals surface area contributed by atoms with Crippen LogP contribution < -0.4 is 11.1 Å². The van der Waals surface area contributed by atoms with Crippen molar-refractivity contribution in [1.29, 1.82) is 0 Å². The first kappa shape index (κ1) is 30.5. The van der Waals surface area contributed by atoms with Crippen LogP contribution in [-0.4, -0.2) is 138 Å². The molecule has 3 saturated heterocycles. The summed E-state index contributed by atoms with van der Waals surface area (Å²) in [4.78, 5) is 57.4. The second-order valence-corrected chi connectivity index (χ2v) is 13.1. The summed E-state index contributed by atoms with van der Waals surface area (Å²) < 4.78 is 1.34. The Hall–Kier alpha value is -2.92. The van der Waals surface area contributed by atoms with Gasteiger partial charge in [0.05, 0.1) is 24.1 Å². The van der Waals surface area contributed by atoms with Gasteiger partial charge in [-0.15, -0.1) is 16.9 Å². The van der Waals surface area contributed by atoms with E-state index in [2.05, 4.69) is 25.7 Å². The number of aliphatic hydroxyl groups is 1. The van der Waals surface area contributed by atoms with Crippen molar-refractivity contribution in [3.05, 3.63) is 16.9 Å². The van der Waals surface area contributed by atoms with E-state index in [-0.39, 0.29) is 72.0 Å². The predicted molar refractivity (Wildman–Crippen MR) is 150 cm³/mol. The minimum absolute atomic E-state index is 0.0174. The van der Waals surface area contributed by atoms with Crippen molar-refractivity contribution < 1.29 is 29.4 Å². The molecule has 0 spiro atoms. The molecule has 1 aromatic heterocycles. The van der Waals surface area contributed by atoms with Gasteiger partial charge in [0.2, 0.25) is 11.8 Å². The van der Waals surface area contributed by atoms with Crippen LogP contribution in [0.2, 0.25) is 0 Å². The number of β-lactam (4-membered cyclic amide) rings is 1. The Morgan fingerprint density at radius 3 is 2.62 bits per heavy atom. The third kappa shape index (κ3) is 6.08. The molecule has 1 aromatic rings.